The fraction of sp³-hybridized carbons (Fsp3) is 0.882. The number of likely N-dealkylation sites (N-methyl/N-ethyl adjacent to an activating group) is 1. The predicted octanol–water partition coefficient (Wildman–Crippen LogP) is 1.01. The van der Waals surface area contributed by atoms with Crippen molar-refractivity contribution in [3.05, 3.63) is 0 Å². The molecule has 0 spiro atoms. The minimum Gasteiger partial charge on any atom is -0.480 e. The molecule has 0 aromatic heterocycles. The van der Waals surface area contributed by atoms with Crippen LogP contribution in [0.4, 0.5) is 0 Å². The van der Waals surface area contributed by atoms with E-state index in [0.29, 0.717) is 13.2 Å². The number of nitrogens with one attached hydrogen (secondary N) is 1. The molecule has 7 nitrogen and oxygen atoms in total. The molecule has 2 rings (SSSR count). The minimum atomic E-state index is -0.809. The zero-order valence-corrected chi connectivity index (χ0v) is 14.7. The number of amides is 1. The molecule has 1 saturated carbocycles. The Hall–Kier alpha value is -1.18. The summed E-state index contributed by atoms with van der Waals surface area (Å²) in [6, 6.07) is 0.352. The van der Waals surface area contributed by atoms with E-state index in [-0.39, 0.29) is 30.6 Å². The van der Waals surface area contributed by atoms with Gasteiger partial charge in [0, 0.05) is 18.7 Å². The van der Waals surface area contributed by atoms with Gasteiger partial charge in [0.15, 0.2) is 0 Å². The Morgan fingerprint density at radius 1 is 1.38 bits per heavy atom. The summed E-state index contributed by atoms with van der Waals surface area (Å²) < 4.78 is 11.2. The van der Waals surface area contributed by atoms with E-state index in [4.69, 9.17) is 14.6 Å². The molecule has 2 fully saturated rings. The molecular weight excluding hydrogens is 312 g/mol. The minimum absolute atomic E-state index is 0.0583. The number of nitrogens with zero attached hydrogens (tertiary/aromatic N) is 1. The molecule has 0 aromatic carbocycles. The molecule has 1 amide bonds. The average molecular weight is 342 g/mol. The van der Waals surface area contributed by atoms with Gasteiger partial charge < -0.3 is 19.9 Å². The second kappa shape index (κ2) is 9.34. The third kappa shape index (κ3) is 5.72. The van der Waals surface area contributed by atoms with Gasteiger partial charge >= 0.3 is 5.97 Å². The maximum atomic E-state index is 12.2. The van der Waals surface area contributed by atoms with E-state index in [0.717, 1.165) is 38.7 Å². The lowest BCUT2D eigenvalue weighted by atomic mass is 9.85. The van der Waals surface area contributed by atoms with Gasteiger partial charge in [0.05, 0.1) is 19.3 Å². The van der Waals surface area contributed by atoms with Crippen LogP contribution < -0.4 is 5.32 Å². The van der Waals surface area contributed by atoms with Gasteiger partial charge in [-0.1, -0.05) is 6.92 Å². The number of aliphatic carboxylic acids is 1. The molecule has 0 aromatic rings. The monoisotopic (exact) mass is 342 g/mol. The maximum absolute atomic E-state index is 12.2. The smallest absolute Gasteiger partial charge is 0.317 e. The highest BCUT2D eigenvalue weighted by molar-refractivity contribution is 5.80. The van der Waals surface area contributed by atoms with Crippen LogP contribution in [0.1, 0.15) is 46.0 Å². The molecule has 1 aliphatic carbocycles. The summed E-state index contributed by atoms with van der Waals surface area (Å²) in [6.45, 7) is 5.73. The molecular formula is C17H30N2O5. The highest BCUT2D eigenvalue weighted by Crippen LogP contribution is 2.25. The second-order valence-electron chi connectivity index (χ2n) is 6.75. The van der Waals surface area contributed by atoms with E-state index in [1.54, 1.807) is 6.92 Å². The van der Waals surface area contributed by atoms with Crippen LogP contribution in [0, 0.1) is 0 Å². The van der Waals surface area contributed by atoms with Gasteiger partial charge in [-0.25, -0.2) is 0 Å². The largest absolute Gasteiger partial charge is 0.480 e. The van der Waals surface area contributed by atoms with Crippen molar-refractivity contribution in [3.8, 4) is 0 Å². The standard InChI is InChI=1S/C17H30N2O5/c1-3-19(10-16(20)21)14-8-13(9-14)18-17(22)12(2)24-11-15-6-4-5-7-23-15/h12-15H,3-11H2,1-2H3,(H,18,22)(H,20,21). The molecule has 2 N–H and O–H groups in total. The van der Waals surface area contributed by atoms with Gasteiger partial charge in [-0.05, 0) is 45.6 Å². The van der Waals surface area contributed by atoms with Crippen molar-refractivity contribution in [1.82, 2.24) is 10.2 Å². The first kappa shape index (κ1) is 19.1. The molecule has 138 valence electrons. The van der Waals surface area contributed by atoms with Crippen LogP contribution in [0.2, 0.25) is 0 Å². The van der Waals surface area contributed by atoms with Crippen molar-refractivity contribution < 1.29 is 24.2 Å². The fourth-order valence-electron chi connectivity index (χ4n) is 3.26. The molecule has 1 saturated heterocycles. The van der Waals surface area contributed by atoms with Crippen LogP contribution in [-0.4, -0.2) is 72.5 Å². The summed E-state index contributed by atoms with van der Waals surface area (Å²) in [4.78, 5) is 24.9. The SMILES string of the molecule is CCN(CC(=O)O)C1CC(NC(=O)C(C)OCC2CCCCO2)C1. The number of rotatable bonds is 9. The zero-order chi connectivity index (χ0) is 17.5. The molecule has 1 aliphatic heterocycles. The Balaban J connectivity index is 1.63. The topological polar surface area (TPSA) is 88.1 Å². The van der Waals surface area contributed by atoms with Gasteiger partial charge in [-0.15, -0.1) is 0 Å². The Morgan fingerprint density at radius 3 is 2.71 bits per heavy atom. The number of hydrogen-bond acceptors (Lipinski definition) is 5. The molecule has 24 heavy (non-hydrogen) atoms. The van der Waals surface area contributed by atoms with Crippen LogP contribution in [0.15, 0.2) is 0 Å². The van der Waals surface area contributed by atoms with Gasteiger partial charge in [-0.2, -0.15) is 0 Å². The summed E-state index contributed by atoms with van der Waals surface area (Å²) in [5, 5.41) is 11.9. The lowest BCUT2D eigenvalue weighted by Crippen LogP contribution is -2.56. The maximum Gasteiger partial charge on any atom is 0.317 e. The van der Waals surface area contributed by atoms with Crippen LogP contribution in [0.25, 0.3) is 0 Å². The quantitative estimate of drug-likeness (QED) is 0.650. The van der Waals surface area contributed by atoms with Crippen molar-refractivity contribution >= 4 is 11.9 Å². The van der Waals surface area contributed by atoms with Crippen LogP contribution in [-0.2, 0) is 19.1 Å². The second-order valence-corrected chi connectivity index (χ2v) is 6.75. The van der Waals surface area contributed by atoms with E-state index >= 15 is 0 Å². The highest BCUT2D eigenvalue weighted by atomic mass is 16.5. The molecule has 2 unspecified atom stereocenters. The summed E-state index contributed by atoms with van der Waals surface area (Å²) in [6.07, 6.45) is 4.46. The summed E-state index contributed by atoms with van der Waals surface area (Å²) in [5.74, 6) is -0.910. The van der Waals surface area contributed by atoms with Crippen LogP contribution in [0.5, 0.6) is 0 Å². The normalized spacial score (nSPS) is 28.2. The molecule has 2 atom stereocenters. The number of hydrogen-bond donors (Lipinski definition) is 2. The Bertz CT molecular complexity index is 419. The predicted molar refractivity (Wildman–Crippen MR) is 88.8 cm³/mol. The lowest BCUT2D eigenvalue weighted by molar-refractivity contribution is -0.141. The third-order valence-corrected chi connectivity index (χ3v) is 4.90. The Kier molecular flexibility index (Phi) is 7.45. The van der Waals surface area contributed by atoms with E-state index in [1.807, 2.05) is 11.8 Å². The molecule has 1 heterocycles. The number of carbonyl (C=O) groups is 2. The molecule has 0 bridgehead atoms. The zero-order valence-electron chi connectivity index (χ0n) is 14.7. The summed E-state index contributed by atoms with van der Waals surface area (Å²) >= 11 is 0. The van der Waals surface area contributed by atoms with Gasteiger partial charge in [0.1, 0.15) is 6.10 Å². The van der Waals surface area contributed by atoms with Gasteiger partial charge in [0.25, 0.3) is 0 Å². The van der Waals surface area contributed by atoms with Crippen LogP contribution >= 0.6 is 0 Å². The number of carbonyl (C=O) groups excluding carboxylic acids is 1. The van der Waals surface area contributed by atoms with Crippen molar-refractivity contribution in [1.29, 1.82) is 0 Å². The van der Waals surface area contributed by atoms with Crippen molar-refractivity contribution in [2.24, 2.45) is 0 Å². The number of carboxylic acids is 1. The first-order valence-corrected chi connectivity index (χ1v) is 8.99. The Labute approximate surface area is 143 Å². The third-order valence-electron chi connectivity index (χ3n) is 4.90. The average Bonchev–Trinajstić information content (AvgIpc) is 2.54. The van der Waals surface area contributed by atoms with E-state index in [1.165, 1.54) is 0 Å². The first-order valence-electron chi connectivity index (χ1n) is 8.99. The Morgan fingerprint density at radius 2 is 2.12 bits per heavy atom. The molecule has 2 aliphatic rings. The summed E-state index contributed by atoms with van der Waals surface area (Å²) in [5.41, 5.74) is 0. The van der Waals surface area contributed by atoms with Crippen LogP contribution in [0.3, 0.4) is 0 Å². The van der Waals surface area contributed by atoms with Crippen molar-refractivity contribution in [2.75, 3.05) is 26.3 Å². The summed E-state index contributed by atoms with van der Waals surface area (Å²) in [7, 11) is 0. The van der Waals surface area contributed by atoms with E-state index in [2.05, 4.69) is 5.32 Å². The fourth-order valence-corrected chi connectivity index (χ4v) is 3.26. The number of carboxylic acid groups (broad SMARTS) is 1. The van der Waals surface area contributed by atoms with Gasteiger partial charge in [-0.3, -0.25) is 14.5 Å². The van der Waals surface area contributed by atoms with Crippen molar-refractivity contribution in [3.63, 3.8) is 0 Å². The lowest BCUT2D eigenvalue weighted by Gasteiger charge is -2.42. The number of ether oxygens (including phenoxy) is 2. The van der Waals surface area contributed by atoms with E-state index < -0.39 is 12.1 Å². The highest BCUT2D eigenvalue weighted by Gasteiger charge is 2.35. The van der Waals surface area contributed by atoms with Gasteiger partial charge in [0.2, 0.25) is 5.91 Å². The molecule has 7 heteroatoms. The van der Waals surface area contributed by atoms with E-state index in [9.17, 15) is 9.59 Å². The molecule has 0 radical (unpaired) electrons. The van der Waals surface area contributed by atoms with Crippen molar-refractivity contribution in [2.45, 2.75) is 70.2 Å². The first-order chi connectivity index (χ1) is 11.5.